The SMILES string of the molecule is CCCCC(OCCOCCOCCO)c1ccccc1. The molecule has 0 aliphatic carbocycles. The van der Waals surface area contributed by atoms with E-state index in [9.17, 15) is 0 Å². The smallest absolute Gasteiger partial charge is 0.0826 e. The number of hydrogen-bond donors (Lipinski definition) is 1. The number of rotatable bonds is 13. The first-order chi connectivity index (χ1) is 10.4. The van der Waals surface area contributed by atoms with Crippen molar-refractivity contribution in [2.45, 2.75) is 32.3 Å². The van der Waals surface area contributed by atoms with Crippen LogP contribution in [0.2, 0.25) is 0 Å². The Morgan fingerprint density at radius 3 is 2.29 bits per heavy atom. The van der Waals surface area contributed by atoms with E-state index in [4.69, 9.17) is 19.3 Å². The average molecular weight is 296 g/mol. The Hall–Kier alpha value is -0.940. The molecule has 0 fully saturated rings. The zero-order valence-corrected chi connectivity index (χ0v) is 13.0. The van der Waals surface area contributed by atoms with Crippen LogP contribution in [0.25, 0.3) is 0 Å². The third kappa shape index (κ3) is 8.83. The van der Waals surface area contributed by atoms with Crippen molar-refractivity contribution in [1.82, 2.24) is 0 Å². The Labute approximate surface area is 128 Å². The highest BCUT2D eigenvalue weighted by atomic mass is 16.5. The van der Waals surface area contributed by atoms with Crippen molar-refractivity contribution in [2.24, 2.45) is 0 Å². The summed E-state index contributed by atoms with van der Waals surface area (Å²) in [7, 11) is 0. The number of ether oxygens (including phenoxy) is 3. The minimum Gasteiger partial charge on any atom is -0.394 e. The van der Waals surface area contributed by atoms with Crippen LogP contribution in [0.3, 0.4) is 0 Å². The molecule has 0 saturated carbocycles. The second-order valence-electron chi connectivity index (χ2n) is 4.86. The summed E-state index contributed by atoms with van der Waals surface area (Å²) in [6, 6.07) is 10.4. The van der Waals surface area contributed by atoms with Crippen molar-refractivity contribution >= 4 is 0 Å². The van der Waals surface area contributed by atoms with Crippen molar-refractivity contribution in [1.29, 1.82) is 0 Å². The second-order valence-corrected chi connectivity index (χ2v) is 4.86. The molecule has 1 aromatic rings. The number of aliphatic hydroxyl groups excluding tert-OH is 1. The predicted molar refractivity (Wildman–Crippen MR) is 83.4 cm³/mol. The molecule has 1 rings (SSSR count). The molecule has 1 atom stereocenters. The first-order valence-corrected chi connectivity index (χ1v) is 7.81. The summed E-state index contributed by atoms with van der Waals surface area (Å²) < 4.78 is 16.5. The van der Waals surface area contributed by atoms with E-state index in [1.54, 1.807) is 0 Å². The first kappa shape index (κ1) is 18.1. The van der Waals surface area contributed by atoms with E-state index in [1.165, 1.54) is 12.0 Å². The molecule has 120 valence electrons. The highest BCUT2D eigenvalue weighted by Gasteiger charge is 2.10. The minimum absolute atomic E-state index is 0.0549. The highest BCUT2D eigenvalue weighted by molar-refractivity contribution is 5.17. The molecule has 0 saturated heterocycles. The van der Waals surface area contributed by atoms with Crippen LogP contribution in [0.5, 0.6) is 0 Å². The van der Waals surface area contributed by atoms with Crippen LogP contribution >= 0.6 is 0 Å². The summed E-state index contributed by atoms with van der Waals surface area (Å²) >= 11 is 0. The van der Waals surface area contributed by atoms with E-state index in [0.29, 0.717) is 33.0 Å². The fourth-order valence-electron chi connectivity index (χ4n) is 2.04. The lowest BCUT2D eigenvalue weighted by Crippen LogP contribution is -2.13. The molecule has 0 heterocycles. The Morgan fingerprint density at radius 2 is 1.62 bits per heavy atom. The van der Waals surface area contributed by atoms with E-state index in [-0.39, 0.29) is 12.7 Å². The maximum absolute atomic E-state index is 8.56. The maximum atomic E-state index is 8.56. The van der Waals surface area contributed by atoms with Gasteiger partial charge in [-0.15, -0.1) is 0 Å². The van der Waals surface area contributed by atoms with Gasteiger partial charge in [-0.05, 0) is 12.0 Å². The van der Waals surface area contributed by atoms with Gasteiger partial charge in [0.2, 0.25) is 0 Å². The van der Waals surface area contributed by atoms with Crippen molar-refractivity contribution in [3.8, 4) is 0 Å². The molecule has 4 heteroatoms. The third-order valence-electron chi connectivity index (χ3n) is 3.15. The molecule has 0 spiro atoms. The molecule has 0 aromatic heterocycles. The van der Waals surface area contributed by atoms with Gasteiger partial charge in [-0.25, -0.2) is 0 Å². The molecule has 0 aliphatic heterocycles. The summed E-state index contributed by atoms with van der Waals surface area (Å²) in [5.74, 6) is 0. The van der Waals surface area contributed by atoms with Gasteiger partial charge in [0, 0.05) is 0 Å². The van der Waals surface area contributed by atoms with Gasteiger partial charge in [0.1, 0.15) is 0 Å². The monoisotopic (exact) mass is 296 g/mol. The fraction of sp³-hybridized carbons (Fsp3) is 0.647. The number of aliphatic hydroxyl groups is 1. The maximum Gasteiger partial charge on any atom is 0.0826 e. The lowest BCUT2D eigenvalue weighted by molar-refractivity contribution is -0.0179. The van der Waals surface area contributed by atoms with Crippen LogP contribution in [-0.4, -0.2) is 44.7 Å². The van der Waals surface area contributed by atoms with E-state index >= 15 is 0 Å². The van der Waals surface area contributed by atoms with Gasteiger partial charge in [0.15, 0.2) is 0 Å². The molecule has 0 bridgehead atoms. The van der Waals surface area contributed by atoms with Gasteiger partial charge in [0.25, 0.3) is 0 Å². The van der Waals surface area contributed by atoms with Gasteiger partial charge < -0.3 is 19.3 Å². The molecule has 4 nitrogen and oxygen atoms in total. The normalized spacial score (nSPS) is 12.5. The van der Waals surface area contributed by atoms with Crippen molar-refractivity contribution in [3.63, 3.8) is 0 Å². The number of hydrogen-bond acceptors (Lipinski definition) is 4. The molecule has 0 aliphatic rings. The number of benzene rings is 1. The summed E-state index contributed by atoms with van der Waals surface area (Å²) in [6.07, 6.45) is 3.53. The molecule has 1 aromatic carbocycles. The fourth-order valence-corrected chi connectivity index (χ4v) is 2.04. The molecular formula is C17H28O4. The van der Waals surface area contributed by atoms with E-state index in [2.05, 4.69) is 19.1 Å². The lowest BCUT2D eigenvalue weighted by Gasteiger charge is -2.18. The standard InChI is InChI=1S/C17H28O4/c1-2-3-9-17(16-7-5-4-6-8-16)21-15-14-20-13-12-19-11-10-18/h4-8,17-18H,2-3,9-15H2,1H3. The van der Waals surface area contributed by atoms with Crippen LogP contribution in [0.4, 0.5) is 0 Å². The third-order valence-corrected chi connectivity index (χ3v) is 3.15. The molecule has 1 N–H and O–H groups in total. The summed E-state index contributed by atoms with van der Waals surface area (Å²) in [5, 5.41) is 8.56. The van der Waals surface area contributed by atoms with E-state index in [0.717, 1.165) is 12.8 Å². The summed E-state index contributed by atoms with van der Waals surface area (Å²) in [6.45, 7) is 4.82. The minimum atomic E-state index is 0.0549. The first-order valence-electron chi connectivity index (χ1n) is 7.81. The van der Waals surface area contributed by atoms with E-state index < -0.39 is 0 Å². The second kappa shape index (κ2) is 12.8. The Balaban J connectivity index is 2.18. The van der Waals surface area contributed by atoms with Gasteiger partial charge in [0.05, 0.1) is 45.7 Å². The molecular weight excluding hydrogens is 268 g/mol. The van der Waals surface area contributed by atoms with Gasteiger partial charge in [-0.1, -0.05) is 50.1 Å². The summed E-state index contributed by atoms with van der Waals surface area (Å²) in [5.41, 5.74) is 1.23. The van der Waals surface area contributed by atoms with Crippen LogP contribution < -0.4 is 0 Å². The largest absolute Gasteiger partial charge is 0.394 e. The van der Waals surface area contributed by atoms with Crippen LogP contribution in [0, 0.1) is 0 Å². The van der Waals surface area contributed by atoms with Gasteiger partial charge in [-0.3, -0.25) is 0 Å². The zero-order valence-electron chi connectivity index (χ0n) is 13.0. The average Bonchev–Trinajstić information content (AvgIpc) is 2.53. The molecule has 1 unspecified atom stereocenters. The Morgan fingerprint density at radius 1 is 0.952 bits per heavy atom. The Kier molecular flexibility index (Phi) is 11.0. The highest BCUT2D eigenvalue weighted by Crippen LogP contribution is 2.23. The quantitative estimate of drug-likeness (QED) is 0.569. The predicted octanol–water partition coefficient (Wildman–Crippen LogP) is 2.96. The van der Waals surface area contributed by atoms with Gasteiger partial charge in [-0.2, -0.15) is 0 Å². The van der Waals surface area contributed by atoms with E-state index in [1.807, 2.05) is 18.2 Å². The van der Waals surface area contributed by atoms with Crippen LogP contribution in [-0.2, 0) is 14.2 Å². The van der Waals surface area contributed by atoms with Gasteiger partial charge >= 0.3 is 0 Å². The molecule has 0 radical (unpaired) electrons. The van der Waals surface area contributed by atoms with Crippen molar-refractivity contribution in [2.75, 3.05) is 39.6 Å². The van der Waals surface area contributed by atoms with Crippen molar-refractivity contribution in [3.05, 3.63) is 35.9 Å². The number of unbranched alkanes of at least 4 members (excludes halogenated alkanes) is 1. The molecule has 0 amide bonds. The lowest BCUT2D eigenvalue weighted by atomic mass is 10.0. The van der Waals surface area contributed by atoms with Crippen LogP contribution in [0.15, 0.2) is 30.3 Å². The van der Waals surface area contributed by atoms with Crippen molar-refractivity contribution < 1.29 is 19.3 Å². The summed E-state index contributed by atoms with van der Waals surface area (Å²) in [4.78, 5) is 0. The Bertz CT molecular complexity index is 329. The zero-order chi connectivity index (χ0) is 15.2. The van der Waals surface area contributed by atoms with Crippen LogP contribution in [0.1, 0.15) is 37.9 Å². The molecule has 21 heavy (non-hydrogen) atoms. The topological polar surface area (TPSA) is 47.9 Å².